The van der Waals surface area contributed by atoms with Gasteiger partial charge in [-0.15, -0.1) is 0 Å². The van der Waals surface area contributed by atoms with Gasteiger partial charge in [0.15, 0.2) is 0 Å². The predicted octanol–water partition coefficient (Wildman–Crippen LogP) is 4.85. The van der Waals surface area contributed by atoms with Crippen molar-refractivity contribution >= 4 is 0 Å². The summed E-state index contributed by atoms with van der Waals surface area (Å²) in [5.74, 6) is 1.95. The van der Waals surface area contributed by atoms with Gasteiger partial charge in [0.25, 0.3) is 0 Å². The molecule has 1 saturated carbocycles. The summed E-state index contributed by atoms with van der Waals surface area (Å²) < 4.78 is 0. The summed E-state index contributed by atoms with van der Waals surface area (Å²) in [6.45, 7) is 11.9. The number of hydrogen-bond acceptors (Lipinski definition) is 2. The Morgan fingerprint density at radius 1 is 1.19 bits per heavy atom. The van der Waals surface area contributed by atoms with E-state index >= 15 is 0 Å². The molecule has 1 aliphatic carbocycles. The predicted molar refractivity (Wildman–Crippen MR) is 88.9 cm³/mol. The van der Waals surface area contributed by atoms with Crippen LogP contribution in [-0.4, -0.2) is 24.0 Å². The van der Waals surface area contributed by atoms with E-state index in [4.69, 9.17) is 0 Å². The second-order valence-electron chi connectivity index (χ2n) is 8.09. The van der Waals surface area contributed by atoms with Crippen molar-refractivity contribution < 1.29 is 0 Å². The molecule has 2 nitrogen and oxygen atoms in total. The summed E-state index contributed by atoms with van der Waals surface area (Å²) in [6, 6.07) is 3.16. The standard InChI is InChI=1S/C19H34N2/c1-5-7-15-10-11-21(14-15)18-12-17(19(3,4)6-2)9-8-16(18)13-20/h15-18H,5-12,14H2,1-4H3. The maximum Gasteiger partial charge on any atom is 0.0672 e. The molecule has 2 heteroatoms. The van der Waals surface area contributed by atoms with Crippen molar-refractivity contribution in [1.29, 1.82) is 5.26 Å². The Labute approximate surface area is 131 Å². The van der Waals surface area contributed by atoms with E-state index in [9.17, 15) is 5.26 Å². The van der Waals surface area contributed by atoms with Gasteiger partial charge in [-0.05, 0) is 55.9 Å². The zero-order valence-electron chi connectivity index (χ0n) is 14.6. The van der Waals surface area contributed by atoms with Crippen LogP contribution in [0.15, 0.2) is 0 Å². The van der Waals surface area contributed by atoms with Gasteiger partial charge >= 0.3 is 0 Å². The maximum absolute atomic E-state index is 9.56. The fraction of sp³-hybridized carbons (Fsp3) is 0.947. The second-order valence-corrected chi connectivity index (χ2v) is 8.09. The van der Waals surface area contributed by atoms with E-state index in [1.807, 2.05) is 0 Å². The van der Waals surface area contributed by atoms with E-state index in [0.717, 1.165) is 18.3 Å². The van der Waals surface area contributed by atoms with Crippen molar-refractivity contribution in [2.24, 2.45) is 23.2 Å². The van der Waals surface area contributed by atoms with E-state index in [1.165, 1.54) is 51.6 Å². The Bertz CT molecular complexity index is 368. The van der Waals surface area contributed by atoms with Gasteiger partial charge in [0.2, 0.25) is 0 Å². The number of hydrogen-bond donors (Lipinski definition) is 0. The molecule has 2 fully saturated rings. The average molecular weight is 290 g/mol. The van der Waals surface area contributed by atoms with Crippen molar-refractivity contribution in [1.82, 2.24) is 4.90 Å². The molecule has 0 spiro atoms. The van der Waals surface area contributed by atoms with Crippen LogP contribution >= 0.6 is 0 Å². The Balaban J connectivity index is 2.03. The quantitative estimate of drug-likeness (QED) is 0.723. The van der Waals surface area contributed by atoms with Crippen LogP contribution in [0.2, 0.25) is 0 Å². The molecular formula is C19H34N2. The largest absolute Gasteiger partial charge is 0.299 e. The van der Waals surface area contributed by atoms with Crippen LogP contribution in [0.1, 0.15) is 72.6 Å². The van der Waals surface area contributed by atoms with Crippen molar-refractivity contribution in [3.63, 3.8) is 0 Å². The lowest BCUT2D eigenvalue weighted by molar-refractivity contribution is 0.0616. The van der Waals surface area contributed by atoms with Crippen LogP contribution in [0.25, 0.3) is 0 Å². The molecule has 0 aromatic heterocycles. The van der Waals surface area contributed by atoms with Crippen molar-refractivity contribution in [2.75, 3.05) is 13.1 Å². The van der Waals surface area contributed by atoms with Crippen molar-refractivity contribution in [2.45, 2.75) is 78.7 Å². The van der Waals surface area contributed by atoms with Crippen LogP contribution in [0, 0.1) is 34.5 Å². The second kappa shape index (κ2) is 7.14. The molecule has 0 bridgehead atoms. The van der Waals surface area contributed by atoms with Gasteiger partial charge in [-0.3, -0.25) is 4.90 Å². The highest BCUT2D eigenvalue weighted by Gasteiger charge is 2.41. The highest BCUT2D eigenvalue weighted by molar-refractivity contribution is 5.01. The highest BCUT2D eigenvalue weighted by Crippen LogP contribution is 2.44. The Morgan fingerprint density at radius 2 is 1.95 bits per heavy atom. The molecule has 0 N–H and O–H groups in total. The smallest absolute Gasteiger partial charge is 0.0672 e. The first-order valence-electron chi connectivity index (χ1n) is 9.15. The normalized spacial score (nSPS) is 34.8. The molecule has 1 heterocycles. The molecule has 4 unspecified atom stereocenters. The summed E-state index contributed by atoms with van der Waals surface area (Å²) in [7, 11) is 0. The fourth-order valence-electron chi connectivity index (χ4n) is 4.51. The third-order valence-electron chi connectivity index (χ3n) is 6.48. The minimum Gasteiger partial charge on any atom is -0.299 e. The SMILES string of the molecule is CCCC1CCN(C2CC(C(C)(C)CC)CCC2C#N)C1. The highest BCUT2D eigenvalue weighted by atomic mass is 15.2. The lowest BCUT2D eigenvalue weighted by atomic mass is 9.66. The monoisotopic (exact) mass is 290 g/mol. The third kappa shape index (κ3) is 3.81. The van der Waals surface area contributed by atoms with E-state index in [1.54, 1.807) is 0 Å². The van der Waals surface area contributed by atoms with Gasteiger partial charge in [-0.1, -0.05) is 40.5 Å². The van der Waals surface area contributed by atoms with Crippen LogP contribution in [0.3, 0.4) is 0 Å². The summed E-state index contributed by atoms with van der Waals surface area (Å²) in [6.07, 6.45) is 8.88. The van der Waals surface area contributed by atoms with Gasteiger partial charge in [0.1, 0.15) is 0 Å². The van der Waals surface area contributed by atoms with Gasteiger partial charge < -0.3 is 0 Å². The molecule has 2 rings (SSSR count). The van der Waals surface area contributed by atoms with Gasteiger partial charge in [0, 0.05) is 12.6 Å². The first kappa shape index (κ1) is 16.8. The molecule has 0 aromatic carbocycles. The van der Waals surface area contributed by atoms with Crippen LogP contribution in [0.5, 0.6) is 0 Å². The maximum atomic E-state index is 9.56. The molecule has 120 valence electrons. The Morgan fingerprint density at radius 3 is 2.57 bits per heavy atom. The zero-order valence-corrected chi connectivity index (χ0v) is 14.6. The van der Waals surface area contributed by atoms with Crippen LogP contribution in [0.4, 0.5) is 0 Å². The lowest BCUT2D eigenvalue weighted by Crippen LogP contribution is -2.45. The first-order chi connectivity index (χ1) is 10.0. The molecule has 1 aliphatic heterocycles. The molecule has 2 aliphatic rings. The average Bonchev–Trinajstić information content (AvgIpc) is 2.95. The number of nitrogens with zero attached hydrogens (tertiary/aromatic N) is 2. The number of likely N-dealkylation sites (tertiary alicyclic amines) is 1. The first-order valence-corrected chi connectivity index (χ1v) is 9.15. The van der Waals surface area contributed by atoms with Gasteiger partial charge in [0.05, 0.1) is 12.0 Å². The van der Waals surface area contributed by atoms with Crippen LogP contribution in [-0.2, 0) is 0 Å². The molecule has 0 amide bonds. The number of nitriles is 1. The topological polar surface area (TPSA) is 27.0 Å². The summed E-state index contributed by atoms with van der Waals surface area (Å²) >= 11 is 0. The molecule has 0 aromatic rings. The van der Waals surface area contributed by atoms with E-state index < -0.39 is 0 Å². The number of rotatable bonds is 5. The summed E-state index contributed by atoms with van der Waals surface area (Å²) in [4.78, 5) is 2.67. The molecule has 21 heavy (non-hydrogen) atoms. The van der Waals surface area contributed by atoms with E-state index in [2.05, 4.69) is 38.7 Å². The molecule has 4 atom stereocenters. The molecule has 0 radical (unpaired) electrons. The van der Waals surface area contributed by atoms with E-state index in [0.29, 0.717) is 11.5 Å². The third-order valence-corrected chi connectivity index (χ3v) is 6.48. The van der Waals surface area contributed by atoms with Crippen LogP contribution < -0.4 is 0 Å². The fourth-order valence-corrected chi connectivity index (χ4v) is 4.51. The zero-order chi connectivity index (χ0) is 15.5. The minimum atomic E-state index is 0.272. The minimum absolute atomic E-state index is 0.272. The Kier molecular flexibility index (Phi) is 5.72. The van der Waals surface area contributed by atoms with Gasteiger partial charge in [-0.25, -0.2) is 0 Å². The molecule has 1 saturated heterocycles. The van der Waals surface area contributed by atoms with Gasteiger partial charge in [-0.2, -0.15) is 5.26 Å². The van der Waals surface area contributed by atoms with Crippen molar-refractivity contribution in [3.05, 3.63) is 0 Å². The van der Waals surface area contributed by atoms with Crippen molar-refractivity contribution in [3.8, 4) is 6.07 Å². The summed E-state index contributed by atoms with van der Waals surface area (Å²) in [5, 5.41) is 9.56. The van der Waals surface area contributed by atoms with E-state index in [-0.39, 0.29) is 5.92 Å². The molecular weight excluding hydrogens is 256 g/mol. The summed E-state index contributed by atoms with van der Waals surface area (Å²) in [5.41, 5.74) is 0.432. The Hall–Kier alpha value is -0.550. The lowest BCUT2D eigenvalue weighted by Gasteiger charge is -2.44.